The highest BCUT2D eigenvalue weighted by Crippen LogP contribution is 2.20. The van der Waals surface area contributed by atoms with Crippen LogP contribution in [0.5, 0.6) is 0 Å². The summed E-state index contributed by atoms with van der Waals surface area (Å²) in [6.07, 6.45) is -3.43. The molecule has 0 radical (unpaired) electrons. The lowest BCUT2D eigenvalue weighted by molar-refractivity contribution is -0.244. The fourth-order valence-corrected chi connectivity index (χ4v) is 4.39. The molecule has 6 N–H and O–H groups in total. The number of carbonyl (C=O) groups excluding carboxylic acids is 2. The van der Waals surface area contributed by atoms with Crippen molar-refractivity contribution in [2.75, 3.05) is 6.61 Å². The molecule has 1 amide bonds. The van der Waals surface area contributed by atoms with Crippen LogP contribution in [0, 0.1) is 0 Å². The number of aliphatic hydroxyl groups is 2. The second-order valence-electron chi connectivity index (χ2n) is 10.3. The average Bonchev–Trinajstić information content (AvgIpc) is 2.87. The first-order chi connectivity index (χ1) is 17.5. The maximum atomic E-state index is 12.6. The van der Waals surface area contributed by atoms with Gasteiger partial charge in [-0.05, 0) is 30.0 Å². The van der Waals surface area contributed by atoms with E-state index in [0.717, 1.165) is 17.2 Å². The number of hydrazine groups is 1. The molecule has 0 aliphatic rings. The van der Waals surface area contributed by atoms with Crippen LogP contribution in [-0.4, -0.2) is 66.2 Å². The number of hydrogen-bond acceptors (Lipinski definition) is 8. The first-order valence-corrected chi connectivity index (χ1v) is 16.0. The Kier molecular flexibility index (Phi) is 12.2. The standard InChI is InChI=1S/C27H39N3O6Si/c1-37(2,3)15-14-35-36-27(34)30(29)24(17-21-12-8-5-9-13-21)26(33)22(19-31)18-25(32)23(28)16-20-10-6-4-7-11-20/h4-13,23-26,32-33H,14-18,28-29H2,1-3H3. The van der Waals surface area contributed by atoms with E-state index in [4.69, 9.17) is 21.4 Å². The van der Waals surface area contributed by atoms with Gasteiger partial charge in [0, 0.05) is 26.1 Å². The highest BCUT2D eigenvalue weighted by Gasteiger charge is 2.34. The van der Waals surface area contributed by atoms with E-state index < -0.39 is 38.5 Å². The Morgan fingerprint density at radius 3 is 2.05 bits per heavy atom. The SMILES string of the molecule is C[Si](C)(C)CCOOC(=O)N(N)C(Cc1ccccc1)C(O)C(=C=O)CC(O)C(N)Cc1ccccc1. The minimum atomic E-state index is -1.53. The van der Waals surface area contributed by atoms with Crippen molar-refractivity contribution in [2.24, 2.45) is 11.6 Å². The molecule has 0 heterocycles. The lowest BCUT2D eigenvalue weighted by Crippen LogP contribution is -2.53. The van der Waals surface area contributed by atoms with Crippen molar-refractivity contribution in [1.29, 1.82) is 0 Å². The highest BCUT2D eigenvalue weighted by molar-refractivity contribution is 6.76. The zero-order chi connectivity index (χ0) is 27.4. The molecule has 202 valence electrons. The highest BCUT2D eigenvalue weighted by atomic mass is 28.3. The molecule has 0 aliphatic heterocycles. The molecule has 9 nitrogen and oxygen atoms in total. The maximum absolute atomic E-state index is 12.6. The summed E-state index contributed by atoms with van der Waals surface area (Å²) in [6.45, 7) is 6.71. The maximum Gasteiger partial charge on any atom is 0.455 e. The van der Waals surface area contributed by atoms with Crippen molar-refractivity contribution in [1.82, 2.24) is 5.01 Å². The number of nitrogens with zero attached hydrogens (tertiary/aromatic N) is 1. The molecular formula is C27H39N3O6Si. The molecule has 0 aromatic heterocycles. The molecule has 0 saturated carbocycles. The first-order valence-electron chi connectivity index (χ1n) is 12.3. The third-order valence-electron chi connectivity index (χ3n) is 6.01. The summed E-state index contributed by atoms with van der Waals surface area (Å²) >= 11 is 0. The largest absolute Gasteiger partial charge is 0.455 e. The molecule has 2 aromatic carbocycles. The van der Waals surface area contributed by atoms with Gasteiger partial charge in [-0.3, -0.25) is 4.89 Å². The van der Waals surface area contributed by atoms with Crippen molar-refractivity contribution in [3.8, 4) is 0 Å². The second-order valence-corrected chi connectivity index (χ2v) is 16.0. The predicted molar refractivity (Wildman–Crippen MR) is 145 cm³/mol. The van der Waals surface area contributed by atoms with Gasteiger partial charge in [0.05, 0.1) is 18.8 Å². The molecule has 0 bridgehead atoms. The minimum absolute atomic E-state index is 0.111. The van der Waals surface area contributed by atoms with E-state index in [9.17, 15) is 19.8 Å². The number of aliphatic hydroxyl groups excluding tert-OH is 2. The molecule has 0 spiro atoms. The molecule has 0 fully saturated rings. The van der Waals surface area contributed by atoms with E-state index in [1.165, 1.54) is 0 Å². The molecule has 0 aliphatic carbocycles. The number of carbonyl (C=O) groups is 1. The Hall–Kier alpha value is -2.82. The first kappa shape index (κ1) is 30.4. The smallest absolute Gasteiger partial charge is 0.391 e. The molecule has 0 saturated heterocycles. The Labute approximate surface area is 219 Å². The van der Waals surface area contributed by atoms with E-state index in [-0.39, 0.29) is 25.0 Å². The summed E-state index contributed by atoms with van der Waals surface area (Å²) in [5.74, 6) is 7.78. The van der Waals surface area contributed by atoms with Crippen LogP contribution in [0.3, 0.4) is 0 Å². The molecule has 10 heteroatoms. The Bertz CT molecular complexity index is 1010. The summed E-state index contributed by atoms with van der Waals surface area (Å²) in [5.41, 5.74) is 7.70. The van der Waals surface area contributed by atoms with Crippen molar-refractivity contribution in [2.45, 2.75) is 69.2 Å². The van der Waals surface area contributed by atoms with E-state index in [2.05, 4.69) is 19.6 Å². The van der Waals surface area contributed by atoms with Gasteiger partial charge in [0.25, 0.3) is 0 Å². The number of hydrogen-bond donors (Lipinski definition) is 4. The van der Waals surface area contributed by atoms with Crippen molar-refractivity contribution in [3.63, 3.8) is 0 Å². The lowest BCUT2D eigenvalue weighted by atomic mass is 9.90. The van der Waals surface area contributed by atoms with Gasteiger partial charge in [-0.1, -0.05) is 80.3 Å². The predicted octanol–water partition coefficient (Wildman–Crippen LogP) is 2.62. The van der Waals surface area contributed by atoms with Crippen molar-refractivity contribution < 1.29 is 29.6 Å². The Morgan fingerprint density at radius 2 is 1.54 bits per heavy atom. The molecule has 2 aromatic rings. The summed E-state index contributed by atoms with van der Waals surface area (Å²) in [5, 5.41) is 22.5. The Balaban J connectivity index is 2.12. The topological polar surface area (TPSA) is 148 Å². The second kappa shape index (κ2) is 14.8. The Morgan fingerprint density at radius 1 is 1.00 bits per heavy atom. The third-order valence-corrected chi connectivity index (χ3v) is 7.72. The third kappa shape index (κ3) is 10.6. The molecule has 4 unspecified atom stereocenters. The number of amides is 1. The summed E-state index contributed by atoms with van der Waals surface area (Å²) in [4.78, 5) is 34.4. The van der Waals surface area contributed by atoms with E-state index >= 15 is 0 Å². The zero-order valence-corrected chi connectivity index (χ0v) is 22.7. The van der Waals surface area contributed by atoms with E-state index in [0.29, 0.717) is 11.4 Å². The van der Waals surface area contributed by atoms with E-state index in [1.807, 2.05) is 36.4 Å². The normalized spacial score (nSPS) is 14.7. The fraction of sp³-hybridized carbons (Fsp3) is 0.444. The van der Waals surface area contributed by atoms with Crippen LogP contribution in [0.1, 0.15) is 17.5 Å². The molecule has 37 heavy (non-hydrogen) atoms. The van der Waals surface area contributed by atoms with Crippen LogP contribution < -0.4 is 11.6 Å². The van der Waals surface area contributed by atoms with Gasteiger partial charge in [0.1, 0.15) is 12.0 Å². The van der Waals surface area contributed by atoms with Crippen LogP contribution in [-0.2, 0) is 27.4 Å². The van der Waals surface area contributed by atoms with Crippen LogP contribution in [0.15, 0.2) is 66.2 Å². The number of rotatable bonds is 14. The zero-order valence-electron chi connectivity index (χ0n) is 21.7. The van der Waals surface area contributed by atoms with Crippen LogP contribution in [0.25, 0.3) is 0 Å². The van der Waals surface area contributed by atoms with Gasteiger partial charge in [-0.15, -0.1) is 0 Å². The van der Waals surface area contributed by atoms with Gasteiger partial charge in [-0.2, -0.15) is 4.89 Å². The number of nitrogens with two attached hydrogens (primary N) is 2. The van der Waals surface area contributed by atoms with Crippen LogP contribution in [0.4, 0.5) is 4.79 Å². The van der Waals surface area contributed by atoms with Crippen molar-refractivity contribution in [3.05, 3.63) is 77.4 Å². The van der Waals surface area contributed by atoms with Gasteiger partial charge in [0.15, 0.2) is 0 Å². The van der Waals surface area contributed by atoms with Crippen LogP contribution >= 0.6 is 0 Å². The summed E-state index contributed by atoms with van der Waals surface area (Å²) < 4.78 is 0. The monoisotopic (exact) mass is 529 g/mol. The summed E-state index contributed by atoms with van der Waals surface area (Å²) in [6, 6.07) is 17.4. The van der Waals surface area contributed by atoms with Gasteiger partial charge in [0.2, 0.25) is 0 Å². The molecular weight excluding hydrogens is 490 g/mol. The summed E-state index contributed by atoms with van der Waals surface area (Å²) in [7, 11) is -1.40. The minimum Gasteiger partial charge on any atom is -0.391 e. The van der Waals surface area contributed by atoms with E-state index in [1.54, 1.807) is 30.2 Å². The number of benzene rings is 2. The quantitative estimate of drug-likeness (QED) is 0.0555. The molecule has 4 atom stereocenters. The lowest BCUT2D eigenvalue weighted by Gasteiger charge is -2.31. The molecule has 2 rings (SSSR count). The average molecular weight is 530 g/mol. The van der Waals surface area contributed by atoms with Gasteiger partial charge < -0.3 is 15.9 Å². The van der Waals surface area contributed by atoms with Gasteiger partial charge >= 0.3 is 6.09 Å². The van der Waals surface area contributed by atoms with Crippen LogP contribution in [0.2, 0.25) is 25.7 Å². The van der Waals surface area contributed by atoms with Crippen molar-refractivity contribution >= 4 is 20.1 Å². The van der Waals surface area contributed by atoms with Gasteiger partial charge in [-0.25, -0.2) is 20.4 Å². The fourth-order valence-electron chi connectivity index (χ4n) is 3.69.